The van der Waals surface area contributed by atoms with Crippen LogP contribution in [0.25, 0.3) is 0 Å². The van der Waals surface area contributed by atoms with Crippen LogP contribution in [0.1, 0.15) is 41.5 Å². The molecule has 0 fully saturated rings. The summed E-state index contributed by atoms with van der Waals surface area (Å²) in [7, 11) is -4.76. The molecule has 0 aromatic rings. The number of phosphoric acid groups is 1. The van der Waals surface area contributed by atoms with E-state index in [0.29, 0.717) is 0 Å². The normalized spacial score (nSPS) is 15.1. The summed E-state index contributed by atoms with van der Waals surface area (Å²) < 4.78 is 27.1. The molecule has 104 valence electrons. The Morgan fingerprint density at radius 3 is 1.35 bits per heavy atom. The first kappa shape index (κ1) is 18.0. The van der Waals surface area contributed by atoms with Crippen molar-refractivity contribution in [3.63, 3.8) is 0 Å². The van der Waals surface area contributed by atoms with Crippen molar-refractivity contribution in [2.75, 3.05) is 0 Å². The van der Waals surface area contributed by atoms with Crippen LogP contribution < -0.4 is 0 Å². The Hall–Kier alpha value is 1.04. The molecule has 0 aliphatic rings. The zero-order valence-electron chi connectivity index (χ0n) is 10.8. The second-order valence-corrected chi connectivity index (χ2v) is 15.4. The van der Waals surface area contributed by atoms with Gasteiger partial charge in [-0.15, -0.1) is 0 Å². The van der Waals surface area contributed by atoms with E-state index in [2.05, 4.69) is 4.31 Å². The lowest BCUT2D eigenvalue weighted by molar-refractivity contribution is 0.289. The molecule has 0 aromatic carbocycles. The molecule has 0 atom stereocenters. The van der Waals surface area contributed by atoms with Crippen LogP contribution >= 0.6 is 36.4 Å². The van der Waals surface area contributed by atoms with Gasteiger partial charge in [0, 0.05) is 9.49 Å². The second kappa shape index (κ2) is 5.58. The monoisotopic (exact) mass is 322 g/mol. The van der Waals surface area contributed by atoms with E-state index in [1.165, 1.54) is 0 Å². The summed E-state index contributed by atoms with van der Waals surface area (Å²) in [5.41, 5.74) is 0. The van der Waals surface area contributed by atoms with E-state index in [-0.39, 0.29) is 0 Å². The molecule has 0 heterocycles. The summed E-state index contributed by atoms with van der Waals surface area (Å²) in [5, 5.41) is 0. The minimum absolute atomic E-state index is 0.414. The van der Waals surface area contributed by atoms with Crippen molar-refractivity contribution in [2.45, 2.75) is 51.0 Å². The van der Waals surface area contributed by atoms with Gasteiger partial charge in [-0.1, -0.05) is 64.3 Å². The van der Waals surface area contributed by atoms with Gasteiger partial charge in [-0.25, -0.2) is 8.88 Å². The number of hydrogen-bond donors (Lipinski definition) is 2. The minimum atomic E-state index is -4.76. The summed E-state index contributed by atoms with van der Waals surface area (Å²) >= 11 is 1.92. The number of rotatable bonds is 4. The Labute approximate surface area is 111 Å². The van der Waals surface area contributed by atoms with Gasteiger partial charge in [-0.2, -0.15) is 0 Å². The first-order valence-electron chi connectivity index (χ1n) is 4.90. The van der Waals surface area contributed by atoms with Crippen LogP contribution in [0.15, 0.2) is 0 Å². The maximum Gasteiger partial charge on any atom is 0.476 e. The third kappa shape index (κ3) is 10.6. The SMILES string of the molecule is CC(C)(C)SP(=O)(OP(=O)(O)O)SC(C)(C)C. The van der Waals surface area contributed by atoms with Gasteiger partial charge in [0.25, 0.3) is 0 Å². The lowest BCUT2D eigenvalue weighted by Gasteiger charge is -2.29. The molecule has 0 spiro atoms. The van der Waals surface area contributed by atoms with Gasteiger partial charge in [0.1, 0.15) is 0 Å². The zero-order valence-corrected chi connectivity index (χ0v) is 14.3. The van der Waals surface area contributed by atoms with Crippen LogP contribution in [0.3, 0.4) is 0 Å². The van der Waals surface area contributed by atoms with E-state index in [4.69, 9.17) is 9.79 Å². The second-order valence-electron chi connectivity index (χ2n) is 5.43. The quantitative estimate of drug-likeness (QED) is 0.748. The maximum atomic E-state index is 12.5. The molecule has 0 aliphatic carbocycles. The summed E-state index contributed by atoms with van der Waals surface area (Å²) in [6.07, 6.45) is 0. The van der Waals surface area contributed by atoms with Gasteiger partial charge in [-0.3, -0.25) is 4.57 Å². The van der Waals surface area contributed by atoms with Crippen molar-refractivity contribution in [2.24, 2.45) is 0 Å². The van der Waals surface area contributed by atoms with Gasteiger partial charge in [0.2, 0.25) is 0 Å². The molecule has 0 rings (SSSR count). The number of hydrogen-bond acceptors (Lipinski definition) is 5. The lowest BCUT2D eigenvalue weighted by Crippen LogP contribution is -2.10. The van der Waals surface area contributed by atoms with Gasteiger partial charge >= 0.3 is 13.6 Å². The van der Waals surface area contributed by atoms with E-state index in [1.807, 2.05) is 41.5 Å². The molecule has 0 unspecified atom stereocenters. The molecular formula is C8H20O5P2S2. The predicted molar refractivity (Wildman–Crippen MR) is 75.4 cm³/mol. The molecule has 17 heavy (non-hydrogen) atoms. The Kier molecular flexibility index (Phi) is 5.92. The zero-order chi connectivity index (χ0) is 14.1. The highest BCUT2D eigenvalue weighted by atomic mass is 33.1. The Morgan fingerprint density at radius 1 is 0.882 bits per heavy atom. The van der Waals surface area contributed by atoms with Crippen molar-refractivity contribution >= 4 is 36.4 Å². The fourth-order valence-electron chi connectivity index (χ4n) is 0.853. The van der Waals surface area contributed by atoms with E-state index >= 15 is 0 Å². The molecule has 0 aliphatic heterocycles. The topological polar surface area (TPSA) is 83.8 Å². The van der Waals surface area contributed by atoms with Crippen molar-refractivity contribution in [3.05, 3.63) is 0 Å². The summed E-state index contributed by atoms with van der Waals surface area (Å²) in [5.74, 6) is -3.51. The lowest BCUT2D eigenvalue weighted by atomic mass is 10.3. The highest BCUT2D eigenvalue weighted by molar-refractivity contribution is 8.90. The third-order valence-electron chi connectivity index (χ3n) is 0.978. The fourth-order valence-corrected chi connectivity index (χ4v) is 14.2. The predicted octanol–water partition coefficient (Wildman–Crippen LogP) is 4.27. The van der Waals surface area contributed by atoms with E-state index in [1.54, 1.807) is 0 Å². The first-order chi connectivity index (χ1) is 7.12. The largest absolute Gasteiger partial charge is 0.476 e. The molecule has 0 saturated carbocycles. The van der Waals surface area contributed by atoms with Crippen LogP contribution in [0, 0.1) is 0 Å². The molecule has 0 bridgehead atoms. The average Bonchev–Trinajstić information content (AvgIpc) is 1.65. The standard InChI is InChI=1S/C8H20O5P2S2/c1-7(2,3)16-15(12,13-14(9,10)11)17-8(4,5)6/h1-6H3,(H2,9,10,11). The Balaban J connectivity index is 5.10. The first-order valence-corrected chi connectivity index (χ1v) is 10.9. The van der Waals surface area contributed by atoms with Crippen LogP contribution in [-0.2, 0) is 13.4 Å². The Morgan fingerprint density at radius 2 is 1.18 bits per heavy atom. The molecular weight excluding hydrogens is 302 g/mol. The van der Waals surface area contributed by atoms with Crippen molar-refractivity contribution < 1.29 is 23.2 Å². The molecule has 9 heteroatoms. The summed E-state index contributed by atoms with van der Waals surface area (Å²) in [6, 6.07) is 0. The van der Waals surface area contributed by atoms with Gasteiger partial charge in [0.15, 0.2) is 0 Å². The van der Waals surface area contributed by atoms with Gasteiger partial charge in [-0.05, 0) is 0 Å². The van der Waals surface area contributed by atoms with Crippen molar-refractivity contribution in [1.29, 1.82) is 0 Å². The smallest absolute Gasteiger partial charge is 0.302 e. The minimum Gasteiger partial charge on any atom is -0.302 e. The highest BCUT2D eigenvalue weighted by Crippen LogP contribution is 2.80. The summed E-state index contributed by atoms with van der Waals surface area (Å²) in [6.45, 7) is 10.9. The van der Waals surface area contributed by atoms with Crippen molar-refractivity contribution in [1.82, 2.24) is 0 Å². The molecule has 0 amide bonds. The van der Waals surface area contributed by atoms with Crippen LogP contribution in [0.2, 0.25) is 0 Å². The van der Waals surface area contributed by atoms with Crippen LogP contribution in [0.4, 0.5) is 0 Å². The highest BCUT2D eigenvalue weighted by Gasteiger charge is 2.41. The molecule has 0 aromatic heterocycles. The molecule has 0 saturated heterocycles. The average molecular weight is 322 g/mol. The van der Waals surface area contributed by atoms with Crippen LogP contribution in [-0.4, -0.2) is 19.3 Å². The van der Waals surface area contributed by atoms with Crippen molar-refractivity contribution in [3.8, 4) is 0 Å². The van der Waals surface area contributed by atoms with E-state index in [9.17, 15) is 9.13 Å². The fraction of sp³-hybridized carbons (Fsp3) is 1.00. The molecule has 2 N–H and O–H groups in total. The van der Waals surface area contributed by atoms with Gasteiger partial charge < -0.3 is 9.79 Å². The molecule has 5 nitrogen and oxygen atoms in total. The van der Waals surface area contributed by atoms with E-state index in [0.717, 1.165) is 22.8 Å². The maximum absolute atomic E-state index is 12.5. The van der Waals surface area contributed by atoms with Gasteiger partial charge in [0.05, 0.1) is 0 Å². The Bertz CT molecular complexity index is 332. The third-order valence-corrected chi connectivity index (χ3v) is 11.3. The van der Waals surface area contributed by atoms with E-state index < -0.39 is 23.1 Å². The van der Waals surface area contributed by atoms with Crippen LogP contribution in [0.5, 0.6) is 0 Å². The molecule has 0 radical (unpaired) electrons. The summed E-state index contributed by atoms with van der Waals surface area (Å²) in [4.78, 5) is 17.7.